The van der Waals surface area contributed by atoms with E-state index < -0.39 is 11.7 Å². The minimum Gasteiger partial charge on any atom is -0.389 e. The van der Waals surface area contributed by atoms with Crippen LogP contribution in [-0.2, 0) is 10.3 Å². The van der Waals surface area contributed by atoms with Crippen LogP contribution >= 0.6 is 0 Å². The Kier molecular flexibility index (Phi) is 5.31. The van der Waals surface area contributed by atoms with Crippen molar-refractivity contribution in [2.45, 2.75) is 25.6 Å². The van der Waals surface area contributed by atoms with Gasteiger partial charge in [0.25, 0.3) is 0 Å². The molecule has 1 saturated heterocycles. The number of aliphatic hydroxyl groups excluding tert-OH is 1. The van der Waals surface area contributed by atoms with Gasteiger partial charge in [-0.25, -0.2) is 0 Å². The molecule has 0 aliphatic carbocycles. The van der Waals surface area contributed by atoms with E-state index in [-0.39, 0.29) is 0 Å². The molecule has 28 heavy (non-hydrogen) atoms. The van der Waals surface area contributed by atoms with E-state index in [1.165, 1.54) is 11.1 Å². The topological polar surface area (TPSA) is 41.5 Å². The standard InChI is InChI=1S/C25H27NO2/c1-18-11-13-20(14-12-18)22-8-4-6-10-24(22)25(17-26-15-16-28-25)23-9-5-3-7-21(23)19(2)27/h3-14,19,26-27H,15-17H2,1-2H3. The fourth-order valence-corrected chi connectivity index (χ4v) is 4.15. The molecule has 3 aromatic carbocycles. The van der Waals surface area contributed by atoms with Crippen molar-refractivity contribution in [3.05, 3.63) is 95.1 Å². The van der Waals surface area contributed by atoms with Crippen molar-refractivity contribution >= 4 is 0 Å². The molecule has 3 aromatic rings. The maximum absolute atomic E-state index is 10.4. The molecular formula is C25H27NO2. The van der Waals surface area contributed by atoms with Gasteiger partial charge in [0.2, 0.25) is 0 Å². The van der Waals surface area contributed by atoms with Gasteiger partial charge in [-0.05, 0) is 41.7 Å². The Morgan fingerprint density at radius 2 is 1.61 bits per heavy atom. The lowest BCUT2D eigenvalue weighted by atomic mass is 9.78. The minimum atomic E-state index is -0.646. The molecule has 2 N–H and O–H groups in total. The van der Waals surface area contributed by atoms with Gasteiger partial charge in [0, 0.05) is 13.1 Å². The molecule has 0 spiro atoms. The highest BCUT2D eigenvalue weighted by atomic mass is 16.5. The molecule has 3 heteroatoms. The van der Waals surface area contributed by atoms with Gasteiger partial charge in [-0.15, -0.1) is 0 Å². The number of benzene rings is 3. The van der Waals surface area contributed by atoms with Crippen LogP contribution in [0.3, 0.4) is 0 Å². The van der Waals surface area contributed by atoms with E-state index in [2.05, 4.69) is 66.8 Å². The van der Waals surface area contributed by atoms with Gasteiger partial charge in [-0.3, -0.25) is 0 Å². The predicted octanol–water partition coefficient (Wildman–Crippen LogP) is 4.58. The third kappa shape index (κ3) is 3.37. The van der Waals surface area contributed by atoms with Gasteiger partial charge in [0.15, 0.2) is 0 Å². The molecule has 0 saturated carbocycles. The van der Waals surface area contributed by atoms with E-state index in [1.807, 2.05) is 25.1 Å². The third-order valence-corrected chi connectivity index (χ3v) is 5.57. The number of hydrogen-bond donors (Lipinski definition) is 2. The third-order valence-electron chi connectivity index (χ3n) is 5.57. The molecule has 4 rings (SSSR count). The fraction of sp³-hybridized carbons (Fsp3) is 0.280. The summed E-state index contributed by atoms with van der Waals surface area (Å²) in [6, 6.07) is 25.1. The van der Waals surface area contributed by atoms with Crippen LogP contribution in [0, 0.1) is 6.92 Å². The van der Waals surface area contributed by atoms with Crippen molar-refractivity contribution in [2.24, 2.45) is 0 Å². The van der Waals surface area contributed by atoms with E-state index in [1.54, 1.807) is 0 Å². The summed E-state index contributed by atoms with van der Waals surface area (Å²) in [7, 11) is 0. The van der Waals surface area contributed by atoms with Gasteiger partial charge in [-0.1, -0.05) is 78.4 Å². The molecule has 0 amide bonds. The van der Waals surface area contributed by atoms with Gasteiger partial charge in [0.1, 0.15) is 5.60 Å². The highest BCUT2D eigenvalue weighted by Gasteiger charge is 2.41. The molecular weight excluding hydrogens is 346 g/mol. The Balaban J connectivity index is 1.95. The van der Waals surface area contributed by atoms with Crippen LogP contribution in [0.2, 0.25) is 0 Å². The Labute approximate surface area is 167 Å². The van der Waals surface area contributed by atoms with E-state index in [0.717, 1.165) is 28.8 Å². The van der Waals surface area contributed by atoms with Gasteiger partial charge in [-0.2, -0.15) is 0 Å². The normalized spacial score (nSPS) is 20.7. The van der Waals surface area contributed by atoms with Crippen molar-refractivity contribution in [1.82, 2.24) is 5.32 Å². The quantitative estimate of drug-likeness (QED) is 0.703. The molecule has 2 atom stereocenters. The number of rotatable bonds is 4. The molecule has 0 aromatic heterocycles. The van der Waals surface area contributed by atoms with Gasteiger partial charge in [0.05, 0.1) is 12.7 Å². The Hall–Kier alpha value is -2.46. The van der Waals surface area contributed by atoms with E-state index in [4.69, 9.17) is 4.74 Å². The van der Waals surface area contributed by atoms with Crippen LogP contribution < -0.4 is 5.32 Å². The molecule has 2 unspecified atom stereocenters. The number of aliphatic hydroxyl groups is 1. The fourth-order valence-electron chi connectivity index (χ4n) is 4.15. The van der Waals surface area contributed by atoms with E-state index in [9.17, 15) is 5.11 Å². The minimum absolute atomic E-state index is 0.565. The number of ether oxygens (including phenoxy) is 1. The second kappa shape index (κ2) is 7.88. The van der Waals surface area contributed by atoms with Crippen molar-refractivity contribution in [2.75, 3.05) is 19.7 Å². The zero-order valence-electron chi connectivity index (χ0n) is 16.5. The van der Waals surface area contributed by atoms with Crippen LogP contribution in [0.4, 0.5) is 0 Å². The Bertz CT molecular complexity index is 941. The summed E-state index contributed by atoms with van der Waals surface area (Å²) in [5.74, 6) is 0. The summed E-state index contributed by atoms with van der Waals surface area (Å²) in [6.07, 6.45) is -0.565. The molecule has 1 fully saturated rings. The first-order valence-corrected chi connectivity index (χ1v) is 9.90. The SMILES string of the molecule is Cc1ccc(-c2ccccc2C2(c3ccccc3C(C)O)CNCCO2)cc1. The smallest absolute Gasteiger partial charge is 0.131 e. The molecule has 1 aliphatic rings. The van der Waals surface area contributed by atoms with Crippen molar-refractivity contribution in [3.8, 4) is 11.1 Å². The van der Waals surface area contributed by atoms with Crippen LogP contribution in [-0.4, -0.2) is 24.8 Å². The lowest BCUT2D eigenvalue weighted by Gasteiger charge is -2.41. The number of hydrogen-bond acceptors (Lipinski definition) is 3. The zero-order chi connectivity index (χ0) is 19.6. The number of nitrogens with one attached hydrogen (secondary N) is 1. The zero-order valence-corrected chi connectivity index (χ0v) is 16.5. The summed E-state index contributed by atoms with van der Waals surface area (Å²) >= 11 is 0. The molecule has 0 bridgehead atoms. The lowest BCUT2D eigenvalue weighted by molar-refractivity contribution is -0.0416. The second-order valence-electron chi connectivity index (χ2n) is 7.53. The van der Waals surface area contributed by atoms with Crippen molar-refractivity contribution in [3.63, 3.8) is 0 Å². The maximum Gasteiger partial charge on any atom is 0.131 e. The summed E-state index contributed by atoms with van der Waals surface area (Å²) in [6.45, 7) is 6.03. The first-order valence-electron chi connectivity index (χ1n) is 9.90. The largest absolute Gasteiger partial charge is 0.389 e. The highest BCUT2D eigenvalue weighted by molar-refractivity contribution is 5.70. The van der Waals surface area contributed by atoms with Crippen LogP contribution in [0.15, 0.2) is 72.8 Å². The second-order valence-corrected chi connectivity index (χ2v) is 7.53. The average Bonchev–Trinajstić information content (AvgIpc) is 2.75. The Morgan fingerprint density at radius 3 is 2.29 bits per heavy atom. The van der Waals surface area contributed by atoms with Crippen LogP contribution in [0.25, 0.3) is 11.1 Å². The van der Waals surface area contributed by atoms with Crippen LogP contribution in [0.5, 0.6) is 0 Å². The lowest BCUT2D eigenvalue weighted by Crippen LogP contribution is -2.49. The Morgan fingerprint density at radius 1 is 0.929 bits per heavy atom. The van der Waals surface area contributed by atoms with E-state index in [0.29, 0.717) is 13.2 Å². The first kappa shape index (κ1) is 18.9. The van der Waals surface area contributed by atoms with Crippen molar-refractivity contribution in [1.29, 1.82) is 0 Å². The summed E-state index contributed by atoms with van der Waals surface area (Å²) in [5, 5.41) is 14.0. The molecule has 144 valence electrons. The number of morpholine rings is 1. The van der Waals surface area contributed by atoms with Crippen LogP contribution in [0.1, 0.15) is 35.3 Å². The first-order chi connectivity index (χ1) is 13.6. The van der Waals surface area contributed by atoms with E-state index >= 15 is 0 Å². The summed E-state index contributed by atoms with van der Waals surface area (Å²) in [4.78, 5) is 0. The van der Waals surface area contributed by atoms with Crippen molar-refractivity contribution < 1.29 is 9.84 Å². The molecule has 1 aliphatic heterocycles. The predicted molar refractivity (Wildman–Crippen MR) is 113 cm³/mol. The molecule has 0 radical (unpaired) electrons. The summed E-state index contributed by atoms with van der Waals surface area (Å²) < 4.78 is 6.54. The monoisotopic (exact) mass is 373 g/mol. The molecule has 1 heterocycles. The maximum atomic E-state index is 10.4. The highest BCUT2D eigenvalue weighted by Crippen LogP contribution is 2.42. The molecule has 3 nitrogen and oxygen atoms in total. The number of aryl methyl sites for hydroxylation is 1. The summed E-state index contributed by atoms with van der Waals surface area (Å²) in [5.41, 5.74) is 5.98. The van der Waals surface area contributed by atoms with Gasteiger partial charge < -0.3 is 15.2 Å². The average molecular weight is 373 g/mol. The van der Waals surface area contributed by atoms with Gasteiger partial charge >= 0.3 is 0 Å².